The number of halogens is 4. The molecule has 0 radical (unpaired) electrons. The molecular weight excluding hydrogens is 577 g/mol. The second-order valence-electron chi connectivity index (χ2n) is 12.0. The number of carbonyl (C=O) groups is 2. The van der Waals surface area contributed by atoms with Crippen molar-refractivity contribution >= 4 is 35.2 Å². The number of carbonyl (C=O) groups excluding carboxylic acids is 2. The van der Waals surface area contributed by atoms with Gasteiger partial charge in [0.1, 0.15) is 23.2 Å². The molecule has 1 atom stereocenters. The Labute approximate surface area is 257 Å². The van der Waals surface area contributed by atoms with Crippen LogP contribution in [0.4, 0.5) is 13.2 Å². The smallest absolute Gasteiger partial charge is 0.269 e. The van der Waals surface area contributed by atoms with Crippen molar-refractivity contribution in [3.05, 3.63) is 76.1 Å². The lowest BCUT2D eigenvalue weighted by atomic mass is 9.70. The fourth-order valence-corrected chi connectivity index (χ4v) is 6.42. The molecule has 0 aliphatic carbocycles. The molecule has 234 valence electrons. The number of nitrogens with zero attached hydrogens (tertiary/aromatic N) is 2. The van der Waals surface area contributed by atoms with Crippen molar-refractivity contribution in [3.63, 3.8) is 0 Å². The van der Waals surface area contributed by atoms with Crippen molar-refractivity contribution in [1.29, 1.82) is 0 Å². The van der Waals surface area contributed by atoms with E-state index in [9.17, 15) is 18.0 Å². The molecular formula is C33H42ClF3N4O2. The van der Waals surface area contributed by atoms with Crippen molar-refractivity contribution in [1.82, 2.24) is 10.2 Å². The van der Waals surface area contributed by atoms with Crippen molar-refractivity contribution in [2.75, 3.05) is 19.6 Å². The van der Waals surface area contributed by atoms with Gasteiger partial charge in [0.25, 0.3) is 5.91 Å². The van der Waals surface area contributed by atoms with E-state index in [0.29, 0.717) is 41.7 Å². The van der Waals surface area contributed by atoms with Crippen molar-refractivity contribution < 1.29 is 22.8 Å². The average molecular weight is 619 g/mol. The number of hydrogen-bond acceptors (Lipinski definition) is 4. The molecule has 2 aromatic rings. The van der Waals surface area contributed by atoms with Gasteiger partial charge in [-0.3, -0.25) is 19.5 Å². The summed E-state index contributed by atoms with van der Waals surface area (Å²) in [5.41, 5.74) is 4.42. The summed E-state index contributed by atoms with van der Waals surface area (Å²) in [6.07, 6.45) is 7.85. The SMILES string of the molecule is CCCCC(CCC)N1CC(CC(C)(C)c2cc(Cl)ccc2F)(NC(=O)C2=NCC(c3ccc(F)cc3F)=C2)C1.NC=O. The first-order valence-electron chi connectivity index (χ1n) is 14.8. The highest BCUT2D eigenvalue weighted by molar-refractivity contribution is 6.45. The van der Waals surface area contributed by atoms with E-state index in [2.05, 4.69) is 34.8 Å². The lowest BCUT2D eigenvalue weighted by Crippen LogP contribution is -2.73. The number of nitrogens with one attached hydrogen (secondary N) is 1. The highest BCUT2D eigenvalue weighted by Crippen LogP contribution is 2.40. The van der Waals surface area contributed by atoms with Gasteiger partial charge in [0.15, 0.2) is 0 Å². The minimum Gasteiger partial charge on any atom is -0.372 e. The van der Waals surface area contributed by atoms with Gasteiger partial charge >= 0.3 is 0 Å². The maximum Gasteiger partial charge on any atom is 0.269 e. The lowest BCUT2D eigenvalue weighted by Gasteiger charge is -2.56. The molecule has 10 heteroatoms. The number of hydrogen-bond donors (Lipinski definition) is 2. The Bertz CT molecular complexity index is 1360. The number of amides is 2. The number of aliphatic imine (C=N–C) groups is 1. The zero-order chi connectivity index (χ0) is 31.8. The molecule has 2 aromatic carbocycles. The van der Waals surface area contributed by atoms with Gasteiger partial charge in [-0.1, -0.05) is 58.6 Å². The van der Waals surface area contributed by atoms with Gasteiger partial charge in [-0.2, -0.15) is 0 Å². The van der Waals surface area contributed by atoms with Crippen LogP contribution in [0.25, 0.3) is 5.57 Å². The van der Waals surface area contributed by atoms with Gasteiger partial charge in [-0.25, -0.2) is 13.2 Å². The average Bonchev–Trinajstić information content (AvgIpc) is 3.41. The van der Waals surface area contributed by atoms with Gasteiger partial charge in [0.05, 0.1) is 12.1 Å². The minimum atomic E-state index is -0.687. The molecule has 0 saturated carbocycles. The van der Waals surface area contributed by atoms with Crippen LogP contribution >= 0.6 is 11.6 Å². The van der Waals surface area contributed by atoms with Crippen LogP contribution in [0.3, 0.4) is 0 Å². The number of rotatable bonds is 12. The quantitative estimate of drug-likeness (QED) is 0.263. The summed E-state index contributed by atoms with van der Waals surface area (Å²) in [4.78, 5) is 28.9. The maximum absolute atomic E-state index is 14.9. The first-order chi connectivity index (χ1) is 20.4. The Morgan fingerprint density at radius 2 is 1.81 bits per heavy atom. The number of nitrogens with two attached hydrogens (primary N) is 1. The van der Waals surface area contributed by atoms with E-state index in [1.54, 1.807) is 12.1 Å². The number of primary amides is 1. The Hall–Kier alpha value is -3.17. The molecule has 1 saturated heterocycles. The molecule has 4 rings (SSSR count). The second kappa shape index (κ2) is 15.0. The van der Waals surface area contributed by atoms with Gasteiger partial charge in [0.2, 0.25) is 6.41 Å². The molecule has 2 aliphatic rings. The molecule has 1 unspecified atom stereocenters. The first kappa shape index (κ1) is 34.3. The van der Waals surface area contributed by atoms with Crippen molar-refractivity contribution in [2.24, 2.45) is 10.7 Å². The number of benzene rings is 2. The van der Waals surface area contributed by atoms with E-state index in [1.807, 2.05) is 13.8 Å². The number of likely N-dealkylation sites (tertiary alicyclic amines) is 1. The summed E-state index contributed by atoms with van der Waals surface area (Å²) in [5, 5.41) is 3.71. The van der Waals surface area contributed by atoms with E-state index < -0.39 is 22.6 Å². The Balaban J connectivity index is 0.00000162. The van der Waals surface area contributed by atoms with Crippen LogP contribution in [0.1, 0.15) is 77.3 Å². The largest absolute Gasteiger partial charge is 0.372 e. The summed E-state index contributed by atoms with van der Waals surface area (Å²) in [6, 6.07) is 8.40. The van der Waals surface area contributed by atoms with E-state index in [0.717, 1.165) is 38.2 Å². The molecule has 2 aliphatic heterocycles. The van der Waals surface area contributed by atoms with Crippen LogP contribution in [0.5, 0.6) is 0 Å². The molecule has 0 aromatic heterocycles. The van der Waals surface area contributed by atoms with Crippen LogP contribution in [-0.2, 0) is 15.0 Å². The summed E-state index contributed by atoms with van der Waals surface area (Å²) in [7, 11) is 0. The predicted octanol–water partition coefficient (Wildman–Crippen LogP) is 6.59. The fraction of sp³-hybridized carbons (Fsp3) is 0.485. The highest BCUT2D eigenvalue weighted by Gasteiger charge is 2.50. The third-order valence-corrected chi connectivity index (χ3v) is 8.33. The van der Waals surface area contributed by atoms with E-state index >= 15 is 0 Å². The molecule has 0 spiro atoms. The van der Waals surface area contributed by atoms with Gasteiger partial charge in [-0.05, 0) is 72.2 Å². The summed E-state index contributed by atoms with van der Waals surface area (Å²) < 4.78 is 42.7. The van der Waals surface area contributed by atoms with E-state index in [4.69, 9.17) is 16.4 Å². The lowest BCUT2D eigenvalue weighted by molar-refractivity contribution is -0.120. The van der Waals surface area contributed by atoms with Crippen LogP contribution in [0.15, 0.2) is 47.5 Å². The molecule has 2 heterocycles. The summed E-state index contributed by atoms with van der Waals surface area (Å²) in [6.45, 7) is 9.75. The Kier molecular flexibility index (Phi) is 12.0. The standard InChI is InChI=1S/C32H39ClF3N3O.CH3NO/c1-5-7-9-24(8-6-2)39-19-32(20-39,18-31(3,4)26-15-22(33)10-13-27(26)35)38-30(40)29-14-21(17-37-29)25-12-11-23(34)16-28(25)36;2-1-3/h10-16,24H,5-9,17-20H2,1-4H3,(H,38,40);1H,(H2,2,3). The van der Waals surface area contributed by atoms with Crippen LogP contribution in [0, 0.1) is 17.5 Å². The molecule has 6 nitrogen and oxygen atoms in total. The fourth-order valence-electron chi connectivity index (χ4n) is 6.25. The minimum absolute atomic E-state index is 0.138. The molecule has 0 bridgehead atoms. The second-order valence-corrected chi connectivity index (χ2v) is 12.5. The Morgan fingerprint density at radius 3 is 2.44 bits per heavy atom. The van der Waals surface area contributed by atoms with Crippen LogP contribution in [0.2, 0.25) is 5.02 Å². The molecule has 2 amide bonds. The summed E-state index contributed by atoms with van der Waals surface area (Å²) >= 11 is 6.23. The Morgan fingerprint density at radius 1 is 1.12 bits per heavy atom. The zero-order valence-corrected chi connectivity index (χ0v) is 26.1. The zero-order valence-electron chi connectivity index (χ0n) is 25.4. The predicted molar refractivity (Wildman–Crippen MR) is 167 cm³/mol. The normalized spacial score (nSPS) is 16.7. The number of unbranched alkanes of at least 4 members (excludes halogenated alkanes) is 1. The third kappa shape index (κ3) is 8.70. The van der Waals surface area contributed by atoms with Crippen LogP contribution in [-0.4, -0.2) is 54.1 Å². The van der Waals surface area contributed by atoms with E-state index in [1.165, 1.54) is 24.3 Å². The van der Waals surface area contributed by atoms with E-state index in [-0.39, 0.29) is 36.0 Å². The van der Waals surface area contributed by atoms with Gasteiger partial charge in [0, 0.05) is 35.8 Å². The van der Waals surface area contributed by atoms with Crippen molar-refractivity contribution in [2.45, 2.75) is 83.2 Å². The highest BCUT2D eigenvalue weighted by atomic mass is 35.5. The molecule has 43 heavy (non-hydrogen) atoms. The van der Waals surface area contributed by atoms with Crippen molar-refractivity contribution in [3.8, 4) is 0 Å². The van der Waals surface area contributed by atoms with Crippen LogP contribution < -0.4 is 11.1 Å². The third-order valence-electron chi connectivity index (χ3n) is 8.10. The first-order valence-corrected chi connectivity index (χ1v) is 15.1. The molecule has 1 fully saturated rings. The summed E-state index contributed by atoms with van der Waals surface area (Å²) in [5.74, 6) is -2.02. The van der Waals surface area contributed by atoms with Gasteiger partial charge < -0.3 is 11.1 Å². The van der Waals surface area contributed by atoms with Gasteiger partial charge in [-0.15, -0.1) is 0 Å². The maximum atomic E-state index is 14.9. The molecule has 3 N–H and O–H groups in total. The topological polar surface area (TPSA) is 87.8 Å². The monoisotopic (exact) mass is 618 g/mol.